The van der Waals surface area contributed by atoms with Gasteiger partial charge in [0.15, 0.2) is 0 Å². The summed E-state index contributed by atoms with van der Waals surface area (Å²) in [5.74, 6) is 0.608. The predicted molar refractivity (Wildman–Crippen MR) is 91.3 cm³/mol. The standard InChI is InChI=1S/C14H21N5S2/c1-3-4-18-5-7-19(8-6-18)14-12(13(15)17-21-14)11-9-20-10(2)16-11/h9H,3-8H2,1-2H3,(H2,15,17). The fourth-order valence-electron chi connectivity index (χ4n) is 2.72. The van der Waals surface area contributed by atoms with Gasteiger partial charge < -0.3 is 10.6 Å². The zero-order chi connectivity index (χ0) is 14.8. The summed E-state index contributed by atoms with van der Waals surface area (Å²) in [7, 11) is 0. The zero-order valence-corrected chi connectivity index (χ0v) is 14.1. The molecule has 1 aliphatic rings. The van der Waals surface area contributed by atoms with Gasteiger partial charge in [-0.25, -0.2) is 4.98 Å². The van der Waals surface area contributed by atoms with Crippen LogP contribution in [0.2, 0.25) is 0 Å². The Hall–Kier alpha value is -1.18. The van der Waals surface area contributed by atoms with Crippen LogP contribution in [0.4, 0.5) is 10.8 Å². The number of hydrogen-bond acceptors (Lipinski definition) is 7. The van der Waals surface area contributed by atoms with Gasteiger partial charge in [0.05, 0.1) is 16.3 Å². The van der Waals surface area contributed by atoms with Crippen molar-refractivity contribution in [3.63, 3.8) is 0 Å². The second kappa shape index (κ2) is 6.29. The number of nitrogen functional groups attached to an aromatic ring is 1. The van der Waals surface area contributed by atoms with Gasteiger partial charge >= 0.3 is 0 Å². The molecule has 0 bridgehead atoms. The molecule has 0 atom stereocenters. The number of hydrogen-bond donors (Lipinski definition) is 1. The minimum Gasteiger partial charge on any atom is -0.382 e. The van der Waals surface area contributed by atoms with Crippen LogP contribution in [0.25, 0.3) is 11.3 Å². The first-order valence-electron chi connectivity index (χ1n) is 7.34. The fourth-order valence-corrected chi connectivity index (χ4v) is 4.20. The van der Waals surface area contributed by atoms with E-state index in [9.17, 15) is 0 Å². The van der Waals surface area contributed by atoms with Crippen molar-refractivity contribution in [1.82, 2.24) is 14.3 Å². The van der Waals surface area contributed by atoms with Gasteiger partial charge in [0.1, 0.15) is 10.8 Å². The van der Waals surface area contributed by atoms with Gasteiger partial charge in [-0.15, -0.1) is 11.3 Å². The third-order valence-corrected chi connectivity index (χ3v) is 5.47. The molecule has 0 spiro atoms. The van der Waals surface area contributed by atoms with Crippen LogP contribution in [0.3, 0.4) is 0 Å². The zero-order valence-electron chi connectivity index (χ0n) is 12.5. The molecule has 1 aliphatic heterocycles. The smallest absolute Gasteiger partial charge is 0.148 e. The largest absolute Gasteiger partial charge is 0.382 e. The van der Waals surface area contributed by atoms with Gasteiger partial charge in [0.2, 0.25) is 0 Å². The molecule has 1 fully saturated rings. The average molecular weight is 323 g/mol. The van der Waals surface area contributed by atoms with E-state index in [0.29, 0.717) is 5.82 Å². The molecule has 3 heterocycles. The molecule has 0 unspecified atom stereocenters. The number of rotatable bonds is 4. The van der Waals surface area contributed by atoms with Gasteiger partial charge in [0.25, 0.3) is 0 Å². The van der Waals surface area contributed by atoms with Gasteiger partial charge in [-0.1, -0.05) is 6.92 Å². The Kier molecular flexibility index (Phi) is 4.42. The van der Waals surface area contributed by atoms with Crippen LogP contribution in [0, 0.1) is 6.92 Å². The van der Waals surface area contributed by atoms with Crippen molar-refractivity contribution >= 4 is 33.7 Å². The second-order valence-corrected chi connectivity index (χ2v) is 7.14. The minimum atomic E-state index is 0.608. The highest BCUT2D eigenvalue weighted by Crippen LogP contribution is 2.39. The molecule has 0 aromatic carbocycles. The molecule has 5 nitrogen and oxygen atoms in total. The molecule has 21 heavy (non-hydrogen) atoms. The Morgan fingerprint density at radius 1 is 1.29 bits per heavy atom. The monoisotopic (exact) mass is 323 g/mol. The first-order chi connectivity index (χ1) is 10.2. The van der Waals surface area contributed by atoms with Crippen molar-refractivity contribution in [2.24, 2.45) is 0 Å². The van der Waals surface area contributed by atoms with E-state index < -0.39 is 0 Å². The molecule has 1 saturated heterocycles. The molecule has 7 heteroatoms. The number of aryl methyl sites for hydroxylation is 1. The quantitative estimate of drug-likeness (QED) is 0.937. The summed E-state index contributed by atoms with van der Waals surface area (Å²) in [4.78, 5) is 9.51. The van der Waals surface area contributed by atoms with Crippen LogP contribution in [0.5, 0.6) is 0 Å². The Morgan fingerprint density at radius 2 is 2.05 bits per heavy atom. The van der Waals surface area contributed by atoms with Crippen LogP contribution in [-0.2, 0) is 0 Å². The van der Waals surface area contributed by atoms with Gasteiger partial charge in [-0.3, -0.25) is 4.90 Å². The summed E-state index contributed by atoms with van der Waals surface area (Å²) in [6.07, 6.45) is 1.22. The maximum atomic E-state index is 6.09. The van der Waals surface area contributed by atoms with E-state index in [2.05, 4.69) is 31.5 Å². The number of nitrogens with two attached hydrogens (primary N) is 1. The Morgan fingerprint density at radius 3 is 2.67 bits per heavy atom. The molecular weight excluding hydrogens is 302 g/mol. The molecule has 0 radical (unpaired) electrons. The molecule has 3 rings (SSSR count). The number of nitrogens with zero attached hydrogens (tertiary/aromatic N) is 4. The van der Waals surface area contributed by atoms with E-state index in [1.807, 2.05) is 6.92 Å². The van der Waals surface area contributed by atoms with Crippen LogP contribution in [0.15, 0.2) is 5.38 Å². The highest BCUT2D eigenvalue weighted by Gasteiger charge is 2.24. The van der Waals surface area contributed by atoms with E-state index in [-0.39, 0.29) is 0 Å². The van der Waals surface area contributed by atoms with Crippen LogP contribution < -0.4 is 10.6 Å². The lowest BCUT2D eigenvalue weighted by Crippen LogP contribution is -2.46. The lowest BCUT2D eigenvalue weighted by atomic mass is 10.2. The van der Waals surface area contributed by atoms with E-state index in [4.69, 9.17) is 5.73 Å². The number of aromatic nitrogens is 2. The second-order valence-electron chi connectivity index (χ2n) is 5.33. The Bertz CT molecular complexity index is 598. The molecule has 0 amide bonds. The molecule has 2 N–H and O–H groups in total. The van der Waals surface area contributed by atoms with Crippen molar-refractivity contribution in [3.8, 4) is 11.3 Å². The van der Waals surface area contributed by atoms with Gasteiger partial charge in [0, 0.05) is 31.6 Å². The van der Waals surface area contributed by atoms with Crippen molar-refractivity contribution in [2.75, 3.05) is 43.4 Å². The summed E-state index contributed by atoms with van der Waals surface area (Å²) in [5.41, 5.74) is 8.08. The SMILES string of the molecule is CCCN1CCN(c2snc(N)c2-c2csc(C)n2)CC1. The molecule has 2 aromatic heterocycles. The molecular formula is C14H21N5S2. The third-order valence-electron chi connectivity index (χ3n) is 3.77. The van der Waals surface area contributed by atoms with E-state index >= 15 is 0 Å². The summed E-state index contributed by atoms with van der Waals surface area (Å²) in [6, 6.07) is 0. The topological polar surface area (TPSA) is 58.3 Å². The fraction of sp³-hybridized carbons (Fsp3) is 0.571. The lowest BCUT2D eigenvalue weighted by Gasteiger charge is -2.35. The summed E-state index contributed by atoms with van der Waals surface area (Å²) in [6.45, 7) is 9.75. The van der Waals surface area contributed by atoms with E-state index in [1.165, 1.54) is 29.5 Å². The Balaban J connectivity index is 1.81. The van der Waals surface area contributed by atoms with Crippen LogP contribution in [-0.4, -0.2) is 47.0 Å². The third kappa shape index (κ3) is 3.04. The van der Waals surface area contributed by atoms with Crippen molar-refractivity contribution in [2.45, 2.75) is 20.3 Å². The number of thiazole rings is 1. The number of anilines is 2. The van der Waals surface area contributed by atoms with Gasteiger partial charge in [-0.05, 0) is 31.4 Å². The molecule has 0 aliphatic carbocycles. The van der Waals surface area contributed by atoms with E-state index in [1.54, 1.807) is 11.3 Å². The molecule has 114 valence electrons. The maximum Gasteiger partial charge on any atom is 0.148 e. The molecule has 2 aromatic rings. The molecule has 0 saturated carbocycles. The highest BCUT2D eigenvalue weighted by atomic mass is 32.1. The van der Waals surface area contributed by atoms with E-state index in [0.717, 1.165) is 42.4 Å². The number of piperazine rings is 1. The summed E-state index contributed by atoms with van der Waals surface area (Å²) in [5, 5.41) is 4.31. The first-order valence-corrected chi connectivity index (χ1v) is 8.99. The van der Waals surface area contributed by atoms with Crippen LogP contribution >= 0.6 is 22.9 Å². The van der Waals surface area contributed by atoms with Crippen molar-refractivity contribution < 1.29 is 0 Å². The Labute approximate surface area is 133 Å². The minimum absolute atomic E-state index is 0.608. The lowest BCUT2D eigenvalue weighted by molar-refractivity contribution is 0.259. The maximum absolute atomic E-state index is 6.09. The predicted octanol–water partition coefficient (Wildman–Crippen LogP) is 2.69. The van der Waals surface area contributed by atoms with Crippen LogP contribution in [0.1, 0.15) is 18.4 Å². The summed E-state index contributed by atoms with van der Waals surface area (Å²) >= 11 is 3.16. The van der Waals surface area contributed by atoms with Crippen molar-refractivity contribution in [3.05, 3.63) is 10.4 Å². The normalized spacial score (nSPS) is 16.6. The average Bonchev–Trinajstić information content (AvgIpc) is 3.06. The first kappa shape index (κ1) is 14.7. The summed E-state index contributed by atoms with van der Waals surface area (Å²) < 4.78 is 4.36. The van der Waals surface area contributed by atoms with Gasteiger partial charge in [-0.2, -0.15) is 4.37 Å². The highest BCUT2D eigenvalue weighted by molar-refractivity contribution is 7.11. The van der Waals surface area contributed by atoms with Crippen molar-refractivity contribution in [1.29, 1.82) is 0 Å².